The van der Waals surface area contributed by atoms with Crippen LogP contribution in [-0.2, 0) is 30.7 Å². The number of carbonyl (C=O) groups excluding carboxylic acids is 1. The number of hydrogen-bond acceptors (Lipinski definition) is 9. The summed E-state index contributed by atoms with van der Waals surface area (Å²) >= 11 is 0. The number of sulfonamides is 1. The van der Waals surface area contributed by atoms with E-state index in [1.807, 2.05) is 44.2 Å². The number of hydrogen-bond donors (Lipinski definition) is 3. The van der Waals surface area contributed by atoms with Gasteiger partial charge in [0.25, 0.3) is 0 Å². The van der Waals surface area contributed by atoms with Crippen LogP contribution in [0.3, 0.4) is 0 Å². The SMILES string of the molecule is COc1ccc(S(=O)(=O)N(CC(C)C)C[C@@H](O)[C@H](Cc2ccccc2)NC(=O)OC2COCCNCCOC2)cc1. The van der Waals surface area contributed by atoms with Gasteiger partial charge in [0.15, 0.2) is 6.10 Å². The van der Waals surface area contributed by atoms with Crippen molar-refractivity contribution in [1.82, 2.24) is 14.9 Å². The van der Waals surface area contributed by atoms with Crippen LogP contribution in [0.2, 0.25) is 0 Å². The van der Waals surface area contributed by atoms with E-state index < -0.39 is 34.4 Å². The third-order valence-electron chi connectivity index (χ3n) is 6.45. The molecule has 1 amide bonds. The monoisotopic (exact) mass is 593 g/mol. The Bertz CT molecular complexity index is 1140. The maximum Gasteiger partial charge on any atom is 0.407 e. The average Bonchev–Trinajstić information content (AvgIpc) is 2.96. The number of nitrogens with zero attached hydrogens (tertiary/aromatic N) is 1. The summed E-state index contributed by atoms with van der Waals surface area (Å²) in [6.45, 7) is 6.38. The van der Waals surface area contributed by atoms with E-state index in [0.717, 1.165) is 5.56 Å². The predicted octanol–water partition coefficient (Wildman–Crippen LogP) is 2.05. The first-order valence-corrected chi connectivity index (χ1v) is 15.3. The van der Waals surface area contributed by atoms with Crippen LogP contribution in [0.1, 0.15) is 19.4 Å². The van der Waals surface area contributed by atoms with E-state index in [1.54, 1.807) is 12.1 Å². The Hall–Kier alpha value is -2.74. The van der Waals surface area contributed by atoms with E-state index in [9.17, 15) is 18.3 Å². The van der Waals surface area contributed by atoms with Crippen LogP contribution in [-0.4, -0.2) is 102 Å². The smallest absolute Gasteiger partial charge is 0.407 e. The zero-order chi connectivity index (χ0) is 29.7. The Labute approximate surface area is 243 Å². The molecule has 0 aromatic heterocycles. The van der Waals surface area contributed by atoms with Gasteiger partial charge in [-0.1, -0.05) is 44.2 Å². The summed E-state index contributed by atoms with van der Waals surface area (Å²) in [5.74, 6) is 0.525. The van der Waals surface area contributed by atoms with Crippen molar-refractivity contribution in [3.63, 3.8) is 0 Å². The van der Waals surface area contributed by atoms with Gasteiger partial charge < -0.3 is 34.7 Å². The minimum absolute atomic E-state index is 0.0106. The Morgan fingerprint density at radius 3 is 2.27 bits per heavy atom. The average molecular weight is 594 g/mol. The normalized spacial score (nSPS) is 17.1. The molecule has 3 N–H and O–H groups in total. The summed E-state index contributed by atoms with van der Waals surface area (Å²) in [5, 5.41) is 17.3. The Morgan fingerprint density at radius 1 is 1.05 bits per heavy atom. The van der Waals surface area contributed by atoms with Gasteiger partial charge in [-0.15, -0.1) is 0 Å². The summed E-state index contributed by atoms with van der Waals surface area (Å²) in [4.78, 5) is 13.1. The molecular weight excluding hydrogens is 550 g/mol. The molecule has 41 heavy (non-hydrogen) atoms. The first-order chi connectivity index (χ1) is 19.7. The van der Waals surface area contributed by atoms with Gasteiger partial charge in [0, 0.05) is 26.2 Å². The van der Waals surface area contributed by atoms with Crippen molar-refractivity contribution in [2.24, 2.45) is 5.92 Å². The summed E-state index contributed by atoms with van der Waals surface area (Å²) in [6.07, 6.45) is -2.35. The maximum atomic E-state index is 13.6. The lowest BCUT2D eigenvalue weighted by Gasteiger charge is -2.31. The van der Waals surface area contributed by atoms with E-state index in [1.165, 1.54) is 23.5 Å². The number of alkyl carbamates (subject to hydrolysis) is 1. The highest BCUT2D eigenvalue weighted by Crippen LogP contribution is 2.22. The lowest BCUT2D eigenvalue weighted by molar-refractivity contribution is -0.0341. The van der Waals surface area contributed by atoms with Crippen molar-refractivity contribution in [3.8, 4) is 5.75 Å². The van der Waals surface area contributed by atoms with Gasteiger partial charge in [-0.3, -0.25) is 0 Å². The number of carbonyl (C=O) groups is 1. The molecule has 11 nitrogen and oxygen atoms in total. The van der Waals surface area contributed by atoms with Gasteiger partial charge in [-0.05, 0) is 42.2 Å². The highest BCUT2D eigenvalue weighted by Gasteiger charge is 2.32. The first-order valence-electron chi connectivity index (χ1n) is 13.9. The van der Waals surface area contributed by atoms with Gasteiger partial charge >= 0.3 is 6.09 Å². The molecule has 1 fully saturated rings. The largest absolute Gasteiger partial charge is 0.497 e. The minimum Gasteiger partial charge on any atom is -0.497 e. The van der Waals surface area contributed by atoms with Crippen molar-refractivity contribution in [3.05, 3.63) is 60.2 Å². The van der Waals surface area contributed by atoms with Crippen LogP contribution in [0.4, 0.5) is 4.79 Å². The Morgan fingerprint density at radius 2 is 1.68 bits per heavy atom. The van der Waals surface area contributed by atoms with Crippen LogP contribution in [0.5, 0.6) is 5.75 Å². The molecule has 0 aliphatic carbocycles. The first kappa shape index (κ1) is 32.8. The van der Waals surface area contributed by atoms with Crippen molar-refractivity contribution in [2.75, 3.05) is 59.7 Å². The van der Waals surface area contributed by atoms with Crippen LogP contribution >= 0.6 is 0 Å². The van der Waals surface area contributed by atoms with Gasteiger partial charge in [0.2, 0.25) is 10.0 Å². The van der Waals surface area contributed by atoms with Gasteiger partial charge in [0.05, 0.1) is 50.6 Å². The second kappa shape index (κ2) is 16.6. The van der Waals surface area contributed by atoms with Gasteiger partial charge in [0.1, 0.15) is 5.75 Å². The fourth-order valence-corrected chi connectivity index (χ4v) is 5.98. The molecule has 1 aliphatic heterocycles. The number of amides is 1. The number of ether oxygens (including phenoxy) is 4. The summed E-state index contributed by atoms with van der Waals surface area (Å²) in [7, 11) is -2.44. The number of methoxy groups -OCH3 is 1. The number of aliphatic hydroxyl groups is 1. The highest BCUT2D eigenvalue weighted by atomic mass is 32.2. The molecular formula is C29H43N3O8S. The van der Waals surface area contributed by atoms with Gasteiger partial charge in [-0.25, -0.2) is 13.2 Å². The third kappa shape index (κ3) is 10.9. The van der Waals surface area contributed by atoms with E-state index in [-0.39, 0.29) is 43.5 Å². The fraction of sp³-hybridized carbons (Fsp3) is 0.552. The van der Waals surface area contributed by atoms with Crippen LogP contribution in [0.25, 0.3) is 0 Å². The molecule has 12 heteroatoms. The molecule has 0 unspecified atom stereocenters. The van der Waals surface area contributed by atoms with Crippen LogP contribution in [0, 0.1) is 5.92 Å². The Kier molecular flexibility index (Phi) is 13.3. The molecule has 2 aromatic carbocycles. The highest BCUT2D eigenvalue weighted by molar-refractivity contribution is 7.89. The van der Waals surface area contributed by atoms with Crippen molar-refractivity contribution < 1.29 is 37.3 Å². The predicted molar refractivity (Wildman–Crippen MR) is 154 cm³/mol. The molecule has 0 saturated carbocycles. The Balaban J connectivity index is 1.77. The lowest BCUT2D eigenvalue weighted by atomic mass is 10.0. The lowest BCUT2D eigenvalue weighted by Crippen LogP contribution is -2.52. The molecule has 1 saturated heterocycles. The second-order valence-corrected chi connectivity index (χ2v) is 12.3. The van der Waals surface area contributed by atoms with E-state index >= 15 is 0 Å². The number of benzene rings is 2. The van der Waals surface area contributed by atoms with E-state index in [2.05, 4.69) is 10.6 Å². The third-order valence-corrected chi connectivity index (χ3v) is 8.30. The number of aliphatic hydroxyl groups excluding tert-OH is 1. The minimum atomic E-state index is -3.95. The topological polar surface area (TPSA) is 136 Å². The fourth-order valence-electron chi connectivity index (χ4n) is 4.36. The quantitative estimate of drug-likeness (QED) is 0.338. The maximum absolute atomic E-state index is 13.6. The summed E-state index contributed by atoms with van der Waals surface area (Å²) < 4.78 is 50.4. The number of rotatable bonds is 12. The summed E-state index contributed by atoms with van der Waals surface area (Å²) in [6, 6.07) is 14.6. The zero-order valence-corrected chi connectivity index (χ0v) is 24.8. The van der Waals surface area contributed by atoms with E-state index in [0.29, 0.717) is 32.1 Å². The van der Waals surface area contributed by atoms with Crippen LogP contribution in [0.15, 0.2) is 59.5 Å². The van der Waals surface area contributed by atoms with Crippen molar-refractivity contribution in [2.45, 2.75) is 43.4 Å². The molecule has 0 spiro atoms. The molecule has 1 heterocycles. The molecule has 228 valence electrons. The van der Waals surface area contributed by atoms with Crippen LogP contribution < -0.4 is 15.4 Å². The zero-order valence-electron chi connectivity index (χ0n) is 24.0. The molecule has 0 radical (unpaired) electrons. The molecule has 2 atom stereocenters. The second-order valence-electron chi connectivity index (χ2n) is 10.3. The summed E-state index contributed by atoms with van der Waals surface area (Å²) in [5.41, 5.74) is 0.864. The molecule has 1 aliphatic rings. The molecule has 0 bridgehead atoms. The molecule has 3 rings (SSSR count). The number of nitrogens with one attached hydrogen (secondary N) is 2. The van der Waals surface area contributed by atoms with E-state index in [4.69, 9.17) is 18.9 Å². The van der Waals surface area contributed by atoms with Crippen molar-refractivity contribution >= 4 is 16.1 Å². The standard InChI is InChI=1S/C29H43N3O8S/c1-22(2)18-32(41(35,36)26-11-9-24(37-3)10-12-26)19-28(33)27(17-23-7-5-4-6-8-23)31-29(34)40-25-20-38-15-13-30-14-16-39-21-25/h4-12,22,25,27-28,30,33H,13-21H2,1-3H3,(H,31,34)/t27-,28+/m0/s1. The molecule has 2 aromatic rings. The van der Waals surface area contributed by atoms with Crippen molar-refractivity contribution in [1.29, 1.82) is 0 Å². The van der Waals surface area contributed by atoms with Gasteiger partial charge in [-0.2, -0.15) is 4.31 Å².